The third-order valence-corrected chi connectivity index (χ3v) is 5.07. The number of fused-ring (bicyclic) bond motifs is 3. The molecule has 28 heavy (non-hydrogen) atoms. The Morgan fingerprint density at radius 2 is 1.86 bits per heavy atom. The van der Waals surface area contributed by atoms with Crippen molar-refractivity contribution in [2.45, 2.75) is 0 Å². The van der Waals surface area contributed by atoms with E-state index in [2.05, 4.69) is 15.0 Å². The zero-order chi connectivity index (χ0) is 19.3. The van der Waals surface area contributed by atoms with E-state index in [0.29, 0.717) is 10.8 Å². The number of aromatic nitrogens is 5. The van der Waals surface area contributed by atoms with Crippen LogP contribution in [0.3, 0.4) is 0 Å². The molecule has 0 saturated carbocycles. The van der Waals surface area contributed by atoms with Gasteiger partial charge in [0, 0.05) is 30.4 Å². The minimum Gasteiger partial charge on any atom is -0.293 e. The SMILES string of the molecule is Cn1c(=O)n(-c2ccc(Cl)nc2)c2c3cc(-c4cccnc4)ccc3ncc21. The molecule has 0 N–H and O–H groups in total. The molecule has 136 valence electrons. The maximum atomic E-state index is 13.0. The molecule has 0 spiro atoms. The average Bonchev–Trinajstić information content (AvgIpc) is 3.00. The van der Waals surface area contributed by atoms with Gasteiger partial charge in [-0.25, -0.2) is 9.78 Å². The first kappa shape index (κ1) is 16.6. The lowest BCUT2D eigenvalue weighted by atomic mass is 10.0. The Bertz CT molecular complexity index is 1390. The van der Waals surface area contributed by atoms with Crippen molar-refractivity contribution in [3.05, 3.63) is 82.9 Å². The summed E-state index contributed by atoms with van der Waals surface area (Å²) in [6.45, 7) is 0. The molecule has 5 aromatic rings. The molecule has 0 atom stereocenters. The highest BCUT2D eigenvalue weighted by Gasteiger charge is 2.17. The van der Waals surface area contributed by atoms with Crippen molar-refractivity contribution in [1.82, 2.24) is 24.1 Å². The normalized spacial score (nSPS) is 11.4. The van der Waals surface area contributed by atoms with Crippen molar-refractivity contribution in [2.75, 3.05) is 0 Å². The molecule has 0 aliphatic heterocycles. The molecule has 0 saturated heterocycles. The fourth-order valence-electron chi connectivity index (χ4n) is 3.45. The van der Waals surface area contributed by atoms with Crippen LogP contribution in [0.5, 0.6) is 0 Å². The Hall–Kier alpha value is -3.51. The van der Waals surface area contributed by atoms with E-state index in [9.17, 15) is 4.79 Å². The van der Waals surface area contributed by atoms with E-state index in [1.165, 1.54) is 0 Å². The molecule has 0 aliphatic carbocycles. The number of hydrogen-bond donors (Lipinski definition) is 0. The van der Waals surface area contributed by atoms with Crippen molar-refractivity contribution in [1.29, 1.82) is 0 Å². The number of aryl methyl sites for hydroxylation is 1. The Kier molecular flexibility index (Phi) is 3.74. The van der Waals surface area contributed by atoms with Gasteiger partial charge in [-0.05, 0) is 35.9 Å². The average molecular weight is 388 g/mol. The van der Waals surface area contributed by atoms with Crippen LogP contribution >= 0.6 is 11.6 Å². The molecule has 1 aromatic carbocycles. The standard InChI is InChI=1S/C21H14ClN5O/c1-26-18-12-24-17-6-4-13(14-3-2-8-23-10-14)9-16(17)20(18)27(21(26)28)15-5-7-19(22)25-11-15/h2-12H,1H3. The zero-order valence-corrected chi connectivity index (χ0v) is 15.6. The topological polar surface area (TPSA) is 65.6 Å². The Morgan fingerprint density at radius 3 is 2.61 bits per heavy atom. The number of halogens is 1. The van der Waals surface area contributed by atoms with Crippen LogP contribution in [0.2, 0.25) is 5.15 Å². The molecule has 0 fully saturated rings. The predicted octanol–water partition coefficient (Wildman–Crippen LogP) is 3.99. The van der Waals surface area contributed by atoms with Gasteiger partial charge in [-0.1, -0.05) is 23.7 Å². The third-order valence-electron chi connectivity index (χ3n) is 4.85. The Balaban J connectivity index is 1.89. The van der Waals surface area contributed by atoms with Crippen molar-refractivity contribution in [3.63, 3.8) is 0 Å². The van der Waals surface area contributed by atoms with Gasteiger partial charge in [0.25, 0.3) is 0 Å². The number of hydrogen-bond acceptors (Lipinski definition) is 4. The zero-order valence-electron chi connectivity index (χ0n) is 14.9. The van der Waals surface area contributed by atoms with Gasteiger partial charge >= 0.3 is 5.69 Å². The highest BCUT2D eigenvalue weighted by Crippen LogP contribution is 2.29. The maximum absolute atomic E-state index is 13.0. The molecule has 4 heterocycles. The Morgan fingerprint density at radius 1 is 0.964 bits per heavy atom. The van der Waals surface area contributed by atoms with Crippen molar-refractivity contribution >= 4 is 33.5 Å². The van der Waals surface area contributed by atoms with E-state index in [1.807, 2.05) is 36.5 Å². The summed E-state index contributed by atoms with van der Waals surface area (Å²) in [5, 5.41) is 1.26. The lowest BCUT2D eigenvalue weighted by molar-refractivity contribution is 0.844. The molecule has 0 amide bonds. The summed E-state index contributed by atoms with van der Waals surface area (Å²) in [6.07, 6.45) is 6.88. The minimum atomic E-state index is -0.166. The summed E-state index contributed by atoms with van der Waals surface area (Å²) >= 11 is 5.93. The number of rotatable bonds is 2. The van der Waals surface area contributed by atoms with E-state index in [1.54, 1.807) is 46.9 Å². The number of benzene rings is 1. The highest BCUT2D eigenvalue weighted by molar-refractivity contribution is 6.29. The number of pyridine rings is 3. The van der Waals surface area contributed by atoms with Crippen molar-refractivity contribution in [2.24, 2.45) is 7.05 Å². The lowest BCUT2D eigenvalue weighted by Gasteiger charge is -2.08. The maximum Gasteiger partial charge on any atom is 0.333 e. The van der Waals surface area contributed by atoms with Gasteiger partial charge in [-0.3, -0.25) is 19.1 Å². The van der Waals surface area contributed by atoms with E-state index in [-0.39, 0.29) is 5.69 Å². The number of nitrogens with zero attached hydrogens (tertiary/aromatic N) is 5. The fraction of sp³-hybridized carbons (Fsp3) is 0.0476. The van der Waals surface area contributed by atoms with Crippen LogP contribution in [0.1, 0.15) is 0 Å². The Labute approximate surface area is 164 Å². The second kappa shape index (κ2) is 6.28. The molecule has 7 heteroatoms. The van der Waals surface area contributed by atoms with Gasteiger partial charge in [0.15, 0.2) is 0 Å². The summed E-state index contributed by atoms with van der Waals surface area (Å²) in [4.78, 5) is 25.9. The summed E-state index contributed by atoms with van der Waals surface area (Å²) in [6, 6.07) is 13.4. The first-order valence-electron chi connectivity index (χ1n) is 8.66. The van der Waals surface area contributed by atoms with Crippen LogP contribution < -0.4 is 5.69 Å². The van der Waals surface area contributed by atoms with Gasteiger partial charge < -0.3 is 0 Å². The summed E-state index contributed by atoms with van der Waals surface area (Å²) in [5.74, 6) is 0. The van der Waals surface area contributed by atoms with Gasteiger partial charge in [0.1, 0.15) is 5.15 Å². The van der Waals surface area contributed by atoms with Gasteiger partial charge in [-0.15, -0.1) is 0 Å². The van der Waals surface area contributed by atoms with Crippen LogP contribution in [0.15, 0.2) is 72.0 Å². The molecule has 0 bridgehead atoms. The monoisotopic (exact) mass is 387 g/mol. The summed E-state index contributed by atoms with van der Waals surface area (Å²) in [5.41, 5.74) is 4.83. The molecule has 0 radical (unpaired) electrons. The smallest absolute Gasteiger partial charge is 0.293 e. The molecule has 4 aromatic heterocycles. The van der Waals surface area contributed by atoms with Crippen molar-refractivity contribution < 1.29 is 0 Å². The number of imidazole rings is 1. The van der Waals surface area contributed by atoms with E-state index < -0.39 is 0 Å². The third kappa shape index (κ3) is 2.50. The second-order valence-electron chi connectivity index (χ2n) is 6.48. The van der Waals surface area contributed by atoms with E-state index >= 15 is 0 Å². The second-order valence-corrected chi connectivity index (χ2v) is 6.87. The van der Waals surface area contributed by atoms with Crippen LogP contribution in [0.25, 0.3) is 38.8 Å². The first-order valence-corrected chi connectivity index (χ1v) is 9.04. The minimum absolute atomic E-state index is 0.166. The van der Waals surface area contributed by atoms with Gasteiger partial charge in [-0.2, -0.15) is 0 Å². The largest absolute Gasteiger partial charge is 0.333 e. The summed E-state index contributed by atoms with van der Waals surface area (Å²) in [7, 11) is 1.74. The fourth-order valence-corrected chi connectivity index (χ4v) is 3.56. The van der Waals surface area contributed by atoms with Crippen LogP contribution in [-0.4, -0.2) is 24.1 Å². The molecule has 0 unspecified atom stereocenters. The van der Waals surface area contributed by atoms with E-state index in [4.69, 9.17) is 11.6 Å². The summed E-state index contributed by atoms with van der Waals surface area (Å²) < 4.78 is 3.24. The molecule has 0 aliphatic rings. The predicted molar refractivity (Wildman–Crippen MR) is 110 cm³/mol. The highest BCUT2D eigenvalue weighted by atomic mass is 35.5. The molecule has 6 nitrogen and oxygen atoms in total. The van der Waals surface area contributed by atoms with Crippen LogP contribution in [-0.2, 0) is 7.05 Å². The molecular weight excluding hydrogens is 374 g/mol. The van der Waals surface area contributed by atoms with E-state index in [0.717, 1.165) is 33.1 Å². The quantitative estimate of drug-likeness (QED) is 0.429. The molecular formula is C21H14ClN5O. The van der Waals surface area contributed by atoms with Gasteiger partial charge in [0.2, 0.25) is 0 Å². The van der Waals surface area contributed by atoms with Crippen molar-refractivity contribution in [3.8, 4) is 16.8 Å². The first-order chi connectivity index (χ1) is 13.6. The van der Waals surface area contributed by atoms with Crippen LogP contribution in [0.4, 0.5) is 0 Å². The van der Waals surface area contributed by atoms with Crippen LogP contribution in [0, 0.1) is 0 Å². The lowest BCUT2D eigenvalue weighted by Crippen LogP contribution is -2.20. The molecule has 5 rings (SSSR count). The van der Waals surface area contributed by atoms with Gasteiger partial charge in [0.05, 0.1) is 34.6 Å².